The van der Waals surface area contributed by atoms with E-state index in [4.69, 9.17) is 5.11 Å². The van der Waals surface area contributed by atoms with Crippen LogP contribution in [-0.4, -0.2) is 47.6 Å². The molecule has 86 valence electrons. The van der Waals surface area contributed by atoms with E-state index in [9.17, 15) is 9.59 Å². The predicted molar refractivity (Wildman–Crippen MR) is 59.6 cm³/mol. The van der Waals surface area contributed by atoms with Crippen molar-refractivity contribution in [1.82, 2.24) is 10.2 Å². The van der Waals surface area contributed by atoms with Crippen LogP contribution in [0.1, 0.15) is 9.67 Å². The van der Waals surface area contributed by atoms with Gasteiger partial charge >= 0.3 is 5.97 Å². The summed E-state index contributed by atoms with van der Waals surface area (Å²) in [7, 11) is 0. The van der Waals surface area contributed by atoms with Crippen LogP contribution in [-0.2, 0) is 4.79 Å². The van der Waals surface area contributed by atoms with Crippen LogP contribution in [0.3, 0.4) is 0 Å². The van der Waals surface area contributed by atoms with Crippen LogP contribution < -0.4 is 5.32 Å². The number of rotatable bonds is 2. The van der Waals surface area contributed by atoms with Crippen molar-refractivity contribution in [2.45, 2.75) is 6.04 Å². The van der Waals surface area contributed by atoms with Crippen molar-refractivity contribution in [3.8, 4) is 0 Å². The van der Waals surface area contributed by atoms with Gasteiger partial charge in [0.1, 0.15) is 6.04 Å². The number of carbonyl (C=O) groups excluding carboxylic acids is 1. The fourth-order valence-corrected chi connectivity index (χ4v) is 2.35. The van der Waals surface area contributed by atoms with Gasteiger partial charge in [0.15, 0.2) is 0 Å². The maximum absolute atomic E-state index is 11.9. The number of hydrogen-bond acceptors (Lipinski definition) is 4. The minimum Gasteiger partial charge on any atom is -0.480 e. The van der Waals surface area contributed by atoms with Crippen molar-refractivity contribution < 1.29 is 14.7 Å². The van der Waals surface area contributed by atoms with Gasteiger partial charge in [0, 0.05) is 19.6 Å². The molecule has 1 aromatic rings. The average molecular weight is 240 g/mol. The van der Waals surface area contributed by atoms with Crippen molar-refractivity contribution >= 4 is 23.2 Å². The molecule has 2 N–H and O–H groups in total. The maximum Gasteiger partial charge on any atom is 0.322 e. The molecule has 2 rings (SSSR count). The van der Waals surface area contributed by atoms with Crippen molar-refractivity contribution in [2.75, 3.05) is 19.6 Å². The zero-order chi connectivity index (χ0) is 11.5. The molecule has 1 amide bonds. The summed E-state index contributed by atoms with van der Waals surface area (Å²) in [6, 6.07) is 2.91. The fourth-order valence-electron chi connectivity index (χ4n) is 1.66. The molecule has 1 atom stereocenters. The summed E-state index contributed by atoms with van der Waals surface area (Å²) < 4.78 is 0. The number of thiophene rings is 1. The molecule has 2 heterocycles. The Hall–Kier alpha value is -1.40. The third-order valence-corrected chi connectivity index (χ3v) is 3.35. The summed E-state index contributed by atoms with van der Waals surface area (Å²) in [5.41, 5.74) is 0. The van der Waals surface area contributed by atoms with Crippen molar-refractivity contribution in [2.24, 2.45) is 0 Å². The van der Waals surface area contributed by atoms with E-state index in [0.29, 0.717) is 18.0 Å². The monoisotopic (exact) mass is 240 g/mol. The highest BCUT2D eigenvalue weighted by Crippen LogP contribution is 2.13. The summed E-state index contributed by atoms with van der Waals surface area (Å²) in [4.78, 5) is 25.0. The zero-order valence-corrected chi connectivity index (χ0v) is 9.37. The second-order valence-corrected chi connectivity index (χ2v) is 4.52. The number of nitrogens with one attached hydrogen (secondary N) is 1. The van der Waals surface area contributed by atoms with Gasteiger partial charge in [-0.1, -0.05) is 6.07 Å². The first kappa shape index (κ1) is 11.1. The first-order chi connectivity index (χ1) is 7.68. The maximum atomic E-state index is 11.9. The highest BCUT2D eigenvalue weighted by Gasteiger charge is 2.28. The van der Waals surface area contributed by atoms with E-state index in [-0.39, 0.29) is 12.5 Å². The number of amides is 1. The molecule has 1 fully saturated rings. The summed E-state index contributed by atoms with van der Waals surface area (Å²) in [5.74, 6) is -0.994. The van der Waals surface area contributed by atoms with E-state index in [2.05, 4.69) is 5.32 Å². The van der Waals surface area contributed by atoms with Gasteiger partial charge in [-0.15, -0.1) is 11.3 Å². The van der Waals surface area contributed by atoms with Gasteiger partial charge in [-0.05, 0) is 11.4 Å². The highest BCUT2D eigenvalue weighted by molar-refractivity contribution is 7.12. The summed E-state index contributed by atoms with van der Waals surface area (Å²) in [6.07, 6.45) is 0. The molecular formula is C10H12N2O3S. The Bertz CT molecular complexity index is 391. The molecule has 1 saturated heterocycles. The standard InChI is InChI=1S/C10H12N2O3S/c13-9(8-2-1-5-16-8)12-4-3-11-7(6-12)10(14)15/h1-2,5,7,11H,3-4,6H2,(H,14,15)/t7-/m0/s1. The van der Waals surface area contributed by atoms with Gasteiger partial charge in [-0.3, -0.25) is 9.59 Å². The number of nitrogens with zero attached hydrogens (tertiary/aromatic N) is 1. The minimum atomic E-state index is -0.913. The predicted octanol–water partition coefficient (Wildman–Crippen LogP) is 0.247. The van der Waals surface area contributed by atoms with E-state index in [1.54, 1.807) is 11.0 Å². The first-order valence-corrected chi connectivity index (χ1v) is 5.85. The number of carboxylic acid groups (broad SMARTS) is 1. The Labute approximate surface area is 96.7 Å². The molecule has 0 aliphatic carbocycles. The molecule has 5 nitrogen and oxygen atoms in total. The molecule has 16 heavy (non-hydrogen) atoms. The van der Waals surface area contributed by atoms with Crippen LogP contribution in [0.25, 0.3) is 0 Å². The molecule has 1 aliphatic rings. The lowest BCUT2D eigenvalue weighted by Gasteiger charge is -2.31. The molecule has 0 bridgehead atoms. The lowest BCUT2D eigenvalue weighted by molar-refractivity contribution is -0.140. The van der Waals surface area contributed by atoms with Crippen molar-refractivity contribution in [3.63, 3.8) is 0 Å². The Kier molecular flexibility index (Phi) is 3.21. The van der Waals surface area contributed by atoms with Gasteiger partial charge in [-0.2, -0.15) is 0 Å². The summed E-state index contributed by atoms with van der Waals surface area (Å²) >= 11 is 1.38. The van der Waals surface area contributed by atoms with E-state index in [1.807, 2.05) is 11.4 Å². The lowest BCUT2D eigenvalue weighted by atomic mass is 10.2. The van der Waals surface area contributed by atoms with Crippen molar-refractivity contribution in [3.05, 3.63) is 22.4 Å². The van der Waals surface area contributed by atoms with Crippen molar-refractivity contribution in [1.29, 1.82) is 0 Å². The van der Waals surface area contributed by atoms with Gasteiger partial charge in [0.05, 0.1) is 4.88 Å². The second-order valence-electron chi connectivity index (χ2n) is 3.57. The zero-order valence-electron chi connectivity index (χ0n) is 8.55. The van der Waals surface area contributed by atoms with E-state index >= 15 is 0 Å². The molecule has 0 radical (unpaired) electrons. The van der Waals surface area contributed by atoms with E-state index < -0.39 is 12.0 Å². The van der Waals surface area contributed by atoms with Gasteiger partial charge in [0.2, 0.25) is 0 Å². The van der Waals surface area contributed by atoms with Crippen LogP contribution >= 0.6 is 11.3 Å². The topological polar surface area (TPSA) is 69.6 Å². The van der Waals surface area contributed by atoms with Crippen LogP contribution in [0.4, 0.5) is 0 Å². The SMILES string of the molecule is O=C(O)[C@@H]1CN(C(=O)c2cccs2)CCN1. The van der Waals surface area contributed by atoms with Crippen LogP contribution in [0.15, 0.2) is 17.5 Å². The summed E-state index contributed by atoms with van der Waals surface area (Å²) in [6.45, 7) is 1.31. The Balaban J connectivity index is 2.05. The smallest absolute Gasteiger partial charge is 0.322 e. The molecule has 1 aromatic heterocycles. The number of aliphatic carboxylic acids is 1. The quantitative estimate of drug-likeness (QED) is 0.777. The highest BCUT2D eigenvalue weighted by atomic mass is 32.1. The Morgan fingerprint density at radius 1 is 1.56 bits per heavy atom. The average Bonchev–Trinajstić information content (AvgIpc) is 2.81. The Morgan fingerprint density at radius 2 is 2.38 bits per heavy atom. The number of carbonyl (C=O) groups is 2. The minimum absolute atomic E-state index is 0.0808. The van der Waals surface area contributed by atoms with Gasteiger partial charge in [-0.25, -0.2) is 0 Å². The number of carboxylic acids is 1. The normalized spacial score (nSPS) is 20.8. The first-order valence-electron chi connectivity index (χ1n) is 4.97. The second kappa shape index (κ2) is 4.63. The van der Waals surface area contributed by atoms with Crippen LogP contribution in [0.5, 0.6) is 0 Å². The molecule has 1 aliphatic heterocycles. The number of hydrogen-bond donors (Lipinski definition) is 2. The molecule has 0 spiro atoms. The largest absolute Gasteiger partial charge is 0.480 e. The van der Waals surface area contributed by atoms with E-state index in [1.165, 1.54) is 11.3 Å². The van der Waals surface area contributed by atoms with E-state index in [0.717, 1.165) is 0 Å². The van der Waals surface area contributed by atoms with Crippen LogP contribution in [0.2, 0.25) is 0 Å². The summed E-state index contributed by atoms with van der Waals surface area (Å²) in [5, 5.41) is 13.6. The molecule has 6 heteroatoms. The van der Waals surface area contributed by atoms with Gasteiger partial charge < -0.3 is 15.3 Å². The fraction of sp³-hybridized carbons (Fsp3) is 0.400. The third-order valence-electron chi connectivity index (χ3n) is 2.49. The lowest BCUT2D eigenvalue weighted by Crippen LogP contribution is -2.55. The Morgan fingerprint density at radius 3 is 3.00 bits per heavy atom. The molecular weight excluding hydrogens is 228 g/mol. The number of piperazine rings is 1. The van der Waals surface area contributed by atoms with Crippen LogP contribution in [0, 0.1) is 0 Å². The molecule has 0 unspecified atom stereocenters. The third kappa shape index (κ3) is 2.23. The molecule has 0 saturated carbocycles. The van der Waals surface area contributed by atoms with Gasteiger partial charge in [0.25, 0.3) is 5.91 Å². The molecule has 0 aromatic carbocycles.